The molecule has 1 aromatic heterocycles. The summed E-state index contributed by atoms with van der Waals surface area (Å²) < 4.78 is 7.92. The first-order chi connectivity index (χ1) is 9.79. The molecule has 0 saturated heterocycles. The van der Waals surface area contributed by atoms with Crippen molar-refractivity contribution in [3.63, 3.8) is 0 Å². The number of aromatic nitrogens is 2. The maximum Gasteiger partial charge on any atom is 0.332 e. The normalized spacial score (nSPS) is 12.7. The summed E-state index contributed by atoms with van der Waals surface area (Å²) in [6.45, 7) is 9.31. The molecule has 1 unspecified atom stereocenters. The molecule has 0 amide bonds. The van der Waals surface area contributed by atoms with Crippen LogP contribution >= 0.6 is 0 Å². The van der Waals surface area contributed by atoms with E-state index in [0.29, 0.717) is 19.7 Å². The van der Waals surface area contributed by atoms with Gasteiger partial charge in [-0.3, -0.25) is 13.9 Å². The fourth-order valence-electron chi connectivity index (χ4n) is 2.08. The predicted molar refractivity (Wildman–Crippen MR) is 84.8 cm³/mol. The molecule has 0 spiro atoms. The van der Waals surface area contributed by atoms with Gasteiger partial charge >= 0.3 is 5.69 Å². The summed E-state index contributed by atoms with van der Waals surface area (Å²) in [4.78, 5) is 24.3. The summed E-state index contributed by atoms with van der Waals surface area (Å²) in [7, 11) is 1.46. The Bertz CT molecular complexity index is 589. The fourth-order valence-corrected chi connectivity index (χ4v) is 2.08. The van der Waals surface area contributed by atoms with Gasteiger partial charge in [-0.05, 0) is 19.8 Å². The molecule has 0 aliphatic rings. The van der Waals surface area contributed by atoms with E-state index < -0.39 is 11.2 Å². The Hall–Kier alpha value is -1.76. The van der Waals surface area contributed by atoms with Crippen LogP contribution in [-0.2, 0) is 18.3 Å². The molecule has 3 N–H and O–H groups in total. The largest absolute Gasteiger partial charge is 0.383 e. The van der Waals surface area contributed by atoms with E-state index in [0.717, 1.165) is 4.57 Å². The lowest BCUT2D eigenvalue weighted by Gasteiger charge is -2.19. The quantitative estimate of drug-likeness (QED) is 0.770. The summed E-state index contributed by atoms with van der Waals surface area (Å²) in [6, 6.07) is 0. The van der Waals surface area contributed by atoms with Gasteiger partial charge in [0.2, 0.25) is 0 Å². The van der Waals surface area contributed by atoms with Gasteiger partial charge in [-0.25, -0.2) is 4.79 Å². The van der Waals surface area contributed by atoms with Gasteiger partial charge in [0.15, 0.2) is 0 Å². The van der Waals surface area contributed by atoms with E-state index in [-0.39, 0.29) is 23.5 Å². The molecule has 0 saturated carbocycles. The van der Waals surface area contributed by atoms with Gasteiger partial charge in [0.05, 0.1) is 6.10 Å². The zero-order valence-electron chi connectivity index (χ0n) is 13.5. The lowest BCUT2D eigenvalue weighted by atomic mass is 10.2. The Labute approximate surface area is 124 Å². The Balaban J connectivity index is 3.17. The average Bonchev–Trinajstić information content (AvgIpc) is 2.41. The third kappa shape index (κ3) is 4.10. The molecule has 0 aromatic carbocycles. The SMILES string of the molecule is CCOC(C)CNc1c(N)n(CC(C)C)c(=O)n(C)c1=O. The van der Waals surface area contributed by atoms with E-state index in [1.807, 2.05) is 27.7 Å². The maximum absolute atomic E-state index is 12.2. The van der Waals surface area contributed by atoms with Crippen LogP contribution in [0.25, 0.3) is 0 Å². The molecule has 1 heterocycles. The van der Waals surface area contributed by atoms with Crippen LogP contribution in [0.2, 0.25) is 0 Å². The van der Waals surface area contributed by atoms with Crippen LogP contribution in [0.15, 0.2) is 9.59 Å². The summed E-state index contributed by atoms with van der Waals surface area (Å²) in [5, 5.41) is 3.00. The van der Waals surface area contributed by atoms with E-state index in [4.69, 9.17) is 10.5 Å². The van der Waals surface area contributed by atoms with Gasteiger partial charge in [0, 0.05) is 26.7 Å². The smallest absolute Gasteiger partial charge is 0.332 e. The number of hydrogen-bond donors (Lipinski definition) is 2. The number of rotatable bonds is 7. The molecule has 0 bridgehead atoms. The van der Waals surface area contributed by atoms with Gasteiger partial charge in [-0.15, -0.1) is 0 Å². The molecule has 120 valence electrons. The highest BCUT2D eigenvalue weighted by molar-refractivity contribution is 5.60. The molecule has 0 fully saturated rings. The minimum Gasteiger partial charge on any atom is -0.383 e. The Morgan fingerprint density at radius 3 is 2.43 bits per heavy atom. The van der Waals surface area contributed by atoms with E-state index >= 15 is 0 Å². The summed E-state index contributed by atoms with van der Waals surface area (Å²) >= 11 is 0. The molecule has 21 heavy (non-hydrogen) atoms. The van der Waals surface area contributed by atoms with Crippen molar-refractivity contribution in [2.75, 3.05) is 24.2 Å². The summed E-state index contributed by atoms with van der Waals surface area (Å²) in [5.41, 5.74) is 5.45. The molecule has 0 aliphatic carbocycles. The van der Waals surface area contributed by atoms with Crippen LogP contribution in [0, 0.1) is 5.92 Å². The Kier molecular flexibility index (Phi) is 6.02. The van der Waals surface area contributed by atoms with Crippen LogP contribution in [0.5, 0.6) is 0 Å². The Morgan fingerprint density at radius 1 is 1.29 bits per heavy atom. The molecular weight excluding hydrogens is 272 g/mol. The zero-order valence-corrected chi connectivity index (χ0v) is 13.5. The van der Waals surface area contributed by atoms with E-state index in [9.17, 15) is 9.59 Å². The number of ether oxygens (including phenoxy) is 1. The monoisotopic (exact) mass is 298 g/mol. The van der Waals surface area contributed by atoms with E-state index in [1.54, 1.807) is 0 Å². The average molecular weight is 298 g/mol. The second kappa shape index (κ2) is 7.31. The first kappa shape index (κ1) is 17.3. The highest BCUT2D eigenvalue weighted by atomic mass is 16.5. The molecule has 0 radical (unpaired) electrons. The molecule has 1 rings (SSSR count). The van der Waals surface area contributed by atoms with Crippen LogP contribution in [0.3, 0.4) is 0 Å². The van der Waals surface area contributed by atoms with Crippen LogP contribution in [0.4, 0.5) is 11.5 Å². The molecule has 7 nitrogen and oxygen atoms in total. The number of nitrogens with one attached hydrogen (secondary N) is 1. The molecule has 1 atom stereocenters. The highest BCUT2D eigenvalue weighted by Gasteiger charge is 2.16. The number of hydrogen-bond acceptors (Lipinski definition) is 5. The first-order valence-electron chi connectivity index (χ1n) is 7.24. The van der Waals surface area contributed by atoms with Crippen molar-refractivity contribution in [1.82, 2.24) is 9.13 Å². The lowest BCUT2D eigenvalue weighted by Crippen LogP contribution is -2.42. The number of anilines is 2. The standard InChI is InChI=1S/C14H26N4O3/c1-6-21-10(4)7-16-11-12(15)18(8-9(2)3)14(20)17(5)13(11)19/h9-10,16H,6-8,15H2,1-5H3. The topological polar surface area (TPSA) is 91.3 Å². The van der Waals surface area contributed by atoms with Crippen molar-refractivity contribution in [3.05, 3.63) is 20.8 Å². The maximum atomic E-state index is 12.2. The molecule has 1 aromatic rings. The lowest BCUT2D eigenvalue weighted by molar-refractivity contribution is 0.0855. The number of nitrogens with zero attached hydrogens (tertiary/aromatic N) is 2. The number of nitrogen functional groups attached to an aromatic ring is 1. The van der Waals surface area contributed by atoms with E-state index in [1.165, 1.54) is 11.6 Å². The van der Waals surface area contributed by atoms with Crippen molar-refractivity contribution in [3.8, 4) is 0 Å². The van der Waals surface area contributed by atoms with Crippen molar-refractivity contribution < 1.29 is 4.74 Å². The summed E-state index contributed by atoms with van der Waals surface area (Å²) in [6.07, 6.45) is -0.0513. The van der Waals surface area contributed by atoms with Crippen molar-refractivity contribution in [1.29, 1.82) is 0 Å². The van der Waals surface area contributed by atoms with Crippen LogP contribution in [0.1, 0.15) is 27.7 Å². The third-order valence-corrected chi connectivity index (χ3v) is 3.15. The third-order valence-electron chi connectivity index (χ3n) is 3.15. The van der Waals surface area contributed by atoms with Crippen molar-refractivity contribution >= 4 is 11.5 Å². The summed E-state index contributed by atoms with van der Waals surface area (Å²) in [5.74, 6) is 0.429. The first-order valence-corrected chi connectivity index (χ1v) is 7.24. The second-order valence-corrected chi connectivity index (χ2v) is 5.56. The van der Waals surface area contributed by atoms with Gasteiger partial charge in [0.1, 0.15) is 11.5 Å². The van der Waals surface area contributed by atoms with Gasteiger partial charge in [-0.2, -0.15) is 0 Å². The van der Waals surface area contributed by atoms with E-state index in [2.05, 4.69) is 5.32 Å². The predicted octanol–water partition coefficient (Wildman–Crippen LogP) is 0.622. The minimum atomic E-state index is -0.416. The second-order valence-electron chi connectivity index (χ2n) is 5.56. The molecular formula is C14H26N4O3. The molecule has 0 aliphatic heterocycles. The van der Waals surface area contributed by atoms with Crippen LogP contribution in [-0.4, -0.2) is 28.4 Å². The number of nitrogens with two attached hydrogens (primary N) is 1. The Morgan fingerprint density at radius 2 is 1.90 bits per heavy atom. The zero-order chi connectivity index (χ0) is 16.2. The molecule has 7 heteroatoms. The van der Waals surface area contributed by atoms with Crippen LogP contribution < -0.4 is 22.3 Å². The van der Waals surface area contributed by atoms with Crippen molar-refractivity contribution in [2.45, 2.75) is 40.3 Å². The minimum absolute atomic E-state index is 0.0513. The fraction of sp³-hybridized carbons (Fsp3) is 0.714. The highest BCUT2D eigenvalue weighted by Crippen LogP contribution is 2.12. The van der Waals surface area contributed by atoms with Crippen molar-refractivity contribution in [2.24, 2.45) is 13.0 Å². The van der Waals surface area contributed by atoms with Gasteiger partial charge in [0.25, 0.3) is 5.56 Å². The van der Waals surface area contributed by atoms with Gasteiger partial charge in [-0.1, -0.05) is 13.8 Å². The van der Waals surface area contributed by atoms with Gasteiger partial charge < -0.3 is 15.8 Å².